The van der Waals surface area contributed by atoms with Crippen molar-refractivity contribution in [3.63, 3.8) is 0 Å². The van der Waals surface area contributed by atoms with Gasteiger partial charge in [0.2, 0.25) is 15.9 Å². The molecule has 1 unspecified atom stereocenters. The van der Waals surface area contributed by atoms with E-state index >= 15 is 0 Å². The molecule has 1 fully saturated rings. The van der Waals surface area contributed by atoms with Gasteiger partial charge in [-0.3, -0.25) is 4.79 Å². The molecule has 1 aromatic rings. The first-order valence-corrected chi connectivity index (χ1v) is 11.8. The molecule has 6 nitrogen and oxygen atoms in total. The van der Waals surface area contributed by atoms with E-state index in [-0.39, 0.29) is 34.5 Å². The Hall–Kier alpha value is -1.31. The Morgan fingerprint density at radius 1 is 1.32 bits per heavy atom. The summed E-state index contributed by atoms with van der Waals surface area (Å²) in [5.74, 6) is 0.144. The zero-order valence-electron chi connectivity index (χ0n) is 16.9. The second-order valence-electron chi connectivity index (χ2n) is 7.40. The van der Waals surface area contributed by atoms with E-state index in [0.717, 1.165) is 44.9 Å². The van der Waals surface area contributed by atoms with Crippen LogP contribution in [0, 0.1) is 0 Å². The molecule has 0 spiro atoms. The molecule has 8 heteroatoms. The molecule has 1 atom stereocenters. The molecule has 1 saturated carbocycles. The summed E-state index contributed by atoms with van der Waals surface area (Å²) in [6.45, 7) is 3.81. The van der Waals surface area contributed by atoms with Crippen LogP contribution in [0.3, 0.4) is 0 Å². The predicted molar refractivity (Wildman–Crippen MR) is 111 cm³/mol. The van der Waals surface area contributed by atoms with E-state index in [0.29, 0.717) is 5.75 Å². The lowest BCUT2D eigenvalue weighted by atomic mass is 9.95. The van der Waals surface area contributed by atoms with Crippen LogP contribution < -0.4 is 10.1 Å². The number of benzene rings is 1. The van der Waals surface area contributed by atoms with Crippen molar-refractivity contribution in [3.05, 3.63) is 23.2 Å². The van der Waals surface area contributed by atoms with Crippen molar-refractivity contribution in [1.82, 2.24) is 9.62 Å². The van der Waals surface area contributed by atoms with Crippen molar-refractivity contribution in [2.24, 2.45) is 0 Å². The Morgan fingerprint density at radius 2 is 2.00 bits per heavy atom. The molecule has 1 aliphatic rings. The number of amides is 1. The second-order valence-corrected chi connectivity index (χ2v) is 9.69. The minimum Gasteiger partial charge on any atom is -0.495 e. The number of carbonyl (C=O) groups is 1. The van der Waals surface area contributed by atoms with Crippen LogP contribution in [0.5, 0.6) is 5.75 Å². The Labute approximate surface area is 173 Å². The van der Waals surface area contributed by atoms with Gasteiger partial charge in [0.05, 0.1) is 23.6 Å². The molecular weight excluding hydrogens is 400 g/mol. The lowest BCUT2D eigenvalue weighted by Gasteiger charge is -2.33. The molecule has 0 radical (unpaired) electrons. The molecule has 2 rings (SSSR count). The van der Waals surface area contributed by atoms with Gasteiger partial charge < -0.3 is 10.1 Å². The van der Waals surface area contributed by atoms with E-state index in [1.807, 2.05) is 6.92 Å². The molecule has 0 aliphatic heterocycles. The third-order valence-electron chi connectivity index (χ3n) is 5.14. The summed E-state index contributed by atoms with van der Waals surface area (Å²) >= 11 is 6.15. The highest BCUT2D eigenvalue weighted by Gasteiger charge is 2.34. The molecule has 158 valence electrons. The minimum atomic E-state index is -3.86. The Balaban J connectivity index is 2.29. The minimum absolute atomic E-state index is 0.0174. The van der Waals surface area contributed by atoms with Crippen LogP contribution in [0.4, 0.5) is 0 Å². The Kier molecular flexibility index (Phi) is 8.58. The van der Waals surface area contributed by atoms with Crippen LogP contribution in [0.25, 0.3) is 0 Å². The monoisotopic (exact) mass is 430 g/mol. The predicted octanol–water partition coefficient (Wildman–Crippen LogP) is 3.98. The van der Waals surface area contributed by atoms with Gasteiger partial charge in [-0.05, 0) is 44.4 Å². The molecular formula is C20H31ClN2O4S. The molecule has 1 aliphatic carbocycles. The summed E-state index contributed by atoms with van der Waals surface area (Å²) in [5.41, 5.74) is 0. The quantitative estimate of drug-likeness (QED) is 0.642. The third kappa shape index (κ3) is 5.84. The van der Waals surface area contributed by atoms with Crippen LogP contribution in [0.2, 0.25) is 5.02 Å². The highest BCUT2D eigenvalue weighted by molar-refractivity contribution is 7.89. The number of ether oxygens (including phenoxy) is 1. The summed E-state index contributed by atoms with van der Waals surface area (Å²) in [4.78, 5) is 12.6. The van der Waals surface area contributed by atoms with Crippen LogP contribution in [-0.4, -0.2) is 44.4 Å². The third-order valence-corrected chi connectivity index (χ3v) is 7.33. The van der Waals surface area contributed by atoms with Gasteiger partial charge in [0.15, 0.2) is 0 Å². The average molecular weight is 431 g/mol. The van der Waals surface area contributed by atoms with Crippen LogP contribution in [0.15, 0.2) is 23.1 Å². The summed E-state index contributed by atoms with van der Waals surface area (Å²) in [5, 5.41) is 3.14. The van der Waals surface area contributed by atoms with Crippen LogP contribution >= 0.6 is 11.6 Å². The summed E-state index contributed by atoms with van der Waals surface area (Å²) < 4.78 is 33.2. The summed E-state index contributed by atoms with van der Waals surface area (Å²) in [6.07, 6.45) is 6.37. The van der Waals surface area contributed by atoms with E-state index < -0.39 is 10.0 Å². The molecule has 1 amide bonds. The number of nitrogens with one attached hydrogen (secondary N) is 1. The first-order chi connectivity index (χ1) is 13.3. The second kappa shape index (κ2) is 10.5. The van der Waals surface area contributed by atoms with Gasteiger partial charge in [0, 0.05) is 12.1 Å². The zero-order chi connectivity index (χ0) is 20.7. The highest BCUT2D eigenvalue weighted by atomic mass is 35.5. The number of hydrogen-bond acceptors (Lipinski definition) is 4. The molecule has 0 heterocycles. The maximum absolute atomic E-state index is 13.4. The zero-order valence-corrected chi connectivity index (χ0v) is 18.5. The molecule has 0 saturated heterocycles. The normalized spacial score (nSPS) is 16.8. The van der Waals surface area contributed by atoms with Crippen molar-refractivity contribution < 1.29 is 17.9 Å². The van der Waals surface area contributed by atoms with Crippen molar-refractivity contribution in [2.75, 3.05) is 13.7 Å². The molecule has 0 aromatic heterocycles. The van der Waals surface area contributed by atoms with Gasteiger partial charge in [-0.15, -0.1) is 0 Å². The number of halogens is 1. The topological polar surface area (TPSA) is 75.7 Å². The summed E-state index contributed by atoms with van der Waals surface area (Å²) in [6, 6.07) is 4.25. The van der Waals surface area contributed by atoms with Gasteiger partial charge in [-0.2, -0.15) is 4.31 Å². The van der Waals surface area contributed by atoms with E-state index in [9.17, 15) is 13.2 Å². The number of sulfonamides is 1. The number of carbonyl (C=O) groups excluding carboxylic acids is 1. The fourth-order valence-corrected chi connectivity index (χ4v) is 5.68. The number of rotatable bonds is 9. The largest absolute Gasteiger partial charge is 0.495 e. The fourth-order valence-electron chi connectivity index (χ4n) is 3.69. The number of hydrogen-bond donors (Lipinski definition) is 1. The van der Waals surface area contributed by atoms with Crippen molar-refractivity contribution >= 4 is 27.5 Å². The van der Waals surface area contributed by atoms with Crippen molar-refractivity contribution in [1.29, 1.82) is 0 Å². The van der Waals surface area contributed by atoms with Gasteiger partial charge in [-0.25, -0.2) is 8.42 Å². The van der Waals surface area contributed by atoms with Gasteiger partial charge >= 0.3 is 0 Å². The maximum Gasteiger partial charge on any atom is 0.243 e. The van der Waals surface area contributed by atoms with Gasteiger partial charge in [0.25, 0.3) is 0 Å². The van der Waals surface area contributed by atoms with E-state index in [4.69, 9.17) is 16.3 Å². The number of nitrogens with zero attached hydrogens (tertiary/aromatic N) is 1. The average Bonchev–Trinajstić information content (AvgIpc) is 2.66. The fraction of sp³-hybridized carbons (Fsp3) is 0.650. The Bertz CT molecular complexity index is 763. The van der Waals surface area contributed by atoms with Crippen LogP contribution in [0.1, 0.15) is 58.8 Å². The van der Waals surface area contributed by atoms with Crippen LogP contribution in [-0.2, 0) is 14.8 Å². The maximum atomic E-state index is 13.4. The standard InChI is InChI=1S/C20H31ClN2O4S/c1-4-8-15(2)22-20(24)14-23(16-9-6-5-7-10-16)28(25,26)17-11-12-19(27-3)18(21)13-17/h11-13,15-16H,4-10,14H2,1-3H3,(H,22,24). The molecule has 1 aromatic carbocycles. The molecule has 0 bridgehead atoms. The first kappa shape index (κ1) is 23.0. The highest BCUT2D eigenvalue weighted by Crippen LogP contribution is 2.31. The van der Waals surface area contributed by atoms with E-state index in [1.165, 1.54) is 29.6 Å². The van der Waals surface area contributed by atoms with Gasteiger partial charge in [-0.1, -0.05) is 44.2 Å². The van der Waals surface area contributed by atoms with Gasteiger partial charge in [0.1, 0.15) is 5.75 Å². The molecule has 28 heavy (non-hydrogen) atoms. The lowest BCUT2D eigenvalue weighted by molar-refractivity contribution is -0.122. The van der Waals surface area contributed by atoms with Crippen molar-refractivity contribution in [3.8, 4) is 5.75 Å². The SMILES string of the molecule is CCCC(C)NC(=O)CN(C1CCCCC1)S(=O)(=O)c1ccc(OC)c(Cl)c1. The number of methoxy groups -OCH3 is 1. The van der Waals surface area contributed by atoms with E-state index in [1.54, 1.807) is 0 Å². The first-order valence-electron chi connectivity index (χ1n) is 9.94. The summed E-state index contributed by atoms with van der Waals surface area (Å²) in [7, 11) is -2.38. The molecule has 1 N–H and O–H groups in total. The lowest BCUT2D eigenvalue weighted by Crippen LogP contribution is -2.48. The van der Waals surface area contributed by atoms with Crippen molar-refractivity contribution in [2.45, 2.75) is 75.8 Å². The smallest absolute Gasteiger partial charge is 0.243 e. The Morgan fingerprint density at radius 3 is 2.57 bits per heavy atom. The van der Waals surface area contributed by atoms with E-state index in [2.05, 4.69) is 12.2 Å².